The molecular formula is C15H18N6O2. The minimum Gasteiger partial charge on any atom is -0.354 e. The number of nitrogens with zero attached hydrogens (tertiary/aromatic N) is 3. The fourth-order valence-electron chi connectivity index (χ4n) is 2.92. The van der Waals surface area contributed by atoms with Crippen LogP contribution in [0.2, 0.25) is 0 Å². The molecule has 1 aliphatic rings. The molecule has 120 valence electrons. The van der Waals surface area contributed by atoms with Crippen molar-refractivity contribution in [2.45, 2.75) is 25.8 Å². The van der Waals surface area contributed by atoms with Gasteiger partial charge in [-0.1, -0.05) is 6.08 Å². The summed E-state index contributed by atoms with van der Waals surface area (Å²) in [7, 11) is 1.55. The van der Waals surface area contributed by atoms with Crippen molar-refractivity contribution in [2.75, 3.05) is 12.4 Å². The molecule has 0 saturated heterocycles. The highest BCUT2D eigenvalue weighted by Gasteiger charge is 2.35. The fourth-order valence-corrected chi connectivity index (χ4v) is 2.92. The van der Waals surface area contributed by atoms with Crippen molar-refractivity contribution in [1.82, 2.24) is 25.3 Å². The maximum absolute atomic E-state index is 12.1. The fraction of sp³-hybridized carbons (Fsp3) is 0.333. The van der Waals surface area contributed by atoms with Crippen molar-refractivity contribution >= 4 is 17.6 Å². The summed E-state index contributed by atoms with van der Waals surface area (Å²) in [5.74, 6) is -0.256. The molecule has 3 N–H and O–H groups in total. The number of hydrogen-bond donors (Lipinski definition) is 3. The predicted octanol–water partition coefficient (Wildman–Crippen LogP) is 0.934. The van der Waals surface area contributed by atoms with E-state index in [4.69, 9.17) is 0 Å². The zero-order valence-corrected chi connectivity index (χ0v) is 13.0. The normalized spacial score (nSPS) is 16.6. The van der Waals surface area contributed by atoms with Gasteiger partial charge in [0, 0.05) is 36.7 Å². The number of rotatable bonds is 4. The molecule has 23 heavy (non-hydrogen) atoms. The molecule has 2 aromatic rings. The Bertz CT molecular complexity index is 788. The van der Waals surface area contributed by atoms with E-state index in [2.05, 4.69) is 32.5 Å². The topological polar surface area (TPSA) is 105 Å². The van der Waals surface area contributed by atoms with Gasteiger partial charge in [-0.25, -0.2) is 0 Å². The van der Waals surface area contributed by atoms with E-state index < -0.39 is 0 Å². The van der Waals surface area contributed by atoms with E-state index in [1.54, 1.807) is 17.8 Å². The standard InChI is InChI=1S/C15H18N6O2/c1-4-5-21-7-10(8(2)20-21)9-6-11(22)17-14-12(9)13(18-19-14)15(23)16-3/h4,7,9H,1,5-6H2,2-3H3,(H,16,23)(H2,17,18,19,22)/t9-/m0/s1. The van der Waals surface area contributed by atoms with E-state index in [1.165, 1.54) is 0 Å². The third-order valence-corrected chi connectivity index (χ3v) is 3.93. The highest BCUT2D eigenvalue weighted by molar-refractivity contribution is 6.00. The summed E-state index contributed by atoms with van der Waals surface area (Å²) in [6.45, 7) is 6.18. The first-order valence-corrected chi connectivity index (χ1v) is 7.30. The first-order chi connectivity index (χ1) is 11.0. The van der Waals surface area contributed by atoms with Gasteiger partial charge in [-0.3, -0.25) is 19.4 Å². The van der Waals surface area contributed by atoms with Gasteiger partial charge in [0.2, 0.25) is 5.91 Å². The number of anilines is 1. The summed E-state index contributed by atoms with van der Waals surface area (Å²) < 4.78 is 1.77. The van der Waals surface area contributed by atoms with Crippen LogP contribution in [0.15, 0.2) is 18.9 Å². The van der Waals surface area contributed by atoms with Crippen LogP contribution in [-0.4, -0.2) is 38.8 Å². The molecule has 0 aliphatic carbocycles. The first-order valence-electron chi connectivity index (χ1n) is 7.30. The minimum atomic E-state index is -0.268. The summed E-state index contributed by atoms with van der Waals surface area (Å²) in [6.07, 6.45) is 3.89. The van der Waals surface area contributed by atoms with E-state index in [0.29, 0.717) is 23.6 Å². The molecule has 0 bridgehead atoms. The Morgan fingerprint density at radius 2 is 2.39 bits per heavy atom. The lowest BCUT2D eigenvalue weighted by atomic mass is 9.86. The van der Waals surface area contributed by atoms with Crippen LogP contribution in [-0.2, 0) is 11.3 Å². The minimum absolute atomic E-state index is 0.131. The second kappa shape index (κ2) is 5.71. The van der Waals surface area contributed by atoms with Crippen LogP contribution < -0.4 is 10.6 Å². The van der Waals surface area contributed by atoms with Crippen LogP contribution in [0, 0.1) is 6.92 Å². The van der Waals surface area contributed by atoms with E-state index in [1.807, 2.05) is 13.1 Å². The maximum Gasteiger partial charge on any atom is 0.269 e. The van der Waals surface area contributed by atoms with E-state index in [-0.39, 0.29) is 24.2 Å². The van der Waals surface area contributed by atoms with Crippen LogP contribution in [0.1, 0.15) is 39.6 Å². The smallest absolute Gasteiger partial charge is 0.269 e. The number of aromatic nitrogens is 4. The number of aromatic amines is 1. The van der Waals surface area contributed by atoms with E-state index >= 15 is 0 Å². The molecule has 3 rings (SSSR count). The molecule has 1 atom stereocenters. The van der Waals surface area contributed by atoms with Crippen LogP contribution in [0.4, 0.5) is 5.82 Å². The van der Waals surface area contributed by atoms with E-state index in [9.17, 15) is 9.59 Å². The van der Waals surface area contributed by atoms with Crippen molar-refractivity contribution in [3.05, 3.63) is 41.4 Å². The van der Waals surface area contributed by atoms with Gasteiger partial charge >= 0.3 is 0 Å². The van der Waals surface area contributed by atoms with Crippen molar-refractivity contribution in [2.24, 2.45) is 0 Å². The van der Waals surface area contributed by atoms with Crippen LogP contribution >= 0.6 is 0 Å². The van der Waals surface area contributed by atoms with Crippen molar-refractivity contribution in [1.29, 1.82) is 0 Å². The molecule has 0 fully saturated rings. The van der Waals surface area contributed by atoms with Gasteiger partial charge in [0.25, 0.3) is 5.91 Å². The average Bonchev–Trinajstić information content (AvgIpc) is 3.09. The van der Waals surface area contributed by atoms with Crippen LogP contribution in [0.3, 0.4) is 0 Å². The Morgan fingerprint density at radius 3 is 3.09 bits per heavy atom. The third-order valence-electron chi connectivity index (χ3n) is 3.93. The summed E-state index contributed by atoms with van der Waals surface area (Å²) in [5, 5.41) is 16.5. The lowest BCUT2D eigenvalue weighted by Gasteiger charge is -2.22. The monoisotopic (exact) mass is 314 g/mol. The van der Waals surface area contributed by atoms with Crippen LogP contribution in [0.25, 0.3) is 0 Å². The van der Waals surface area contributed by atoms with E-state index in [0.717, 1.165) is 11.3 Å². The summed E-state index contributed by atoms with van der Waals surface area (Å²) in [6, 6.07) is 0. The van der Waals surface area contributed by atoms with Gasteiger partial charge in [-0.15, -0.1) is 6.58 Å². The molecule has 0 aromatic carbocycles. The molecule has 2 aromatic heterocycles. The maximum atomic E-state index is 12.1. The summed E-state index contributed by atoms with van der Waals surface area (Å²) >= 11 is 0. The molecule has 3 heterocycles. The lowest BCUT2D eigenvalue weighted by Crippen LogP contribution is -2.26. The Morgan fingerprint density at radius 1 is 1.61 bits per heavy atom. The molecular weight excluding hydrogens is 296 g/mol. The Labute approximate surface area is 133 Å². The molecule has 8 heteroatoms. The van der Waals surface area contributed by atoms with Crippen molar-refractivity contribution < 1.29 is 9.59 Å². The van der Waals surface area contributed by atoms with Crippen LogP contribution in [0.5, 0.6) is 0 Å². The third kappa shape index (κ3) is 2.52. The zero-order valence-electron chi connectivity index (χ0n) is 13.0. The average molecular weight is 314 g/mol. The zero-order chi connectivity index (χ0) is 16.6. The highest BCUT2D eigenvalue weighted by atomic mass is 16.2. The molecule has 0 unspecified atom stereocenters. The number of allylic oxidation sites excluding steroid dienone is 1. The number of aryl methyl sites for hydroxylation is 1. The number of amides is 2. The molecule has 0 radical (unpaired) electrons. The number of H-pyrrole nitrogens is 1. The molecule has 0 spiro atoms. The second-order valence-corrected chi connectivity index (χ2v) is 5.43. The van der Waals surface area contributed by atoms with Gasteiger partial charge in [-0.2, -0.15) is 10.2 Å². The quantitative estimate of drug-likeness (QED) is 0.730. The van der Waals surface area contributed by atoms with Gasteiger partial charge in [0.1, 0.15) is 5.69 Å². The predicted molar refractivity (Wildman–Crippen MR) is 84.2 cm³/mol. The molecule has 1 aliphatic heterocycles. The number of carbonyl (C=O) groups is 2. The molecule has 0 saturated carbocycles. The van der Waals surface area contributed by atoms with Gasteiger partial charge in [0.15, 0.2) is 5.82 Å². The number of fused-ring (bicyclic) bond motifs is 1. The molecule has 2 amide bonds. The Hall–Kier alpha value is -2.90. The summed E-state index contributed by atoms with van der Waals surface area (Å²) in [4.78, 5) is 24.1. The number of carbonyl (C=O) groups excluding carboxylic acids is 2. The molecule has 8 nitrogen and oxygen atoms in total. The van der Waals surface area contributed by atoms with Crippen molar-refractivity contribution in [3.63, 3.8) is 0 Å². The number of hydrogen-bond acceptors (Lipinski definition) is 4. The Kier molecular flexibility index (Phi) is 3.73. The van der Waals surface area contributed by atoms with Gasteiger partial charge < -0.3 is 10.6 Å². The number of nitrogens with one attached hydrogen (secondary N) is 3. The summed E-state index contributed by atoms with van der Waals surface area (Å²) in [5.41, 5.74) is 2.80. The second-order valence-electron chi connectivity index (χ2n) is 5.43. The first kappa shape index (κ1) is 15.0. The van der Waals surface area contributed by atoms with Crippen molar-refractivity contribution in [3.8, 4) is 0 Å². The highest BCUT2D eigenvalue weighted by Crippen LogP contribution is 2.39. The SMILES string of the molecule is C=CCn1cc([C@@H]2CC(=O)Nc3n[nH]c(C(=O)NC)c32)c(C)n1. The van der Waals surface area contributed by atoms with Gasteiger partial charge in [-0.05, 0) is 6.92 Å². The lowest BCUT2D eigenvalue weighted by molar-refractivity contribution is -0.116. The van der Waals surface area contributed by atoms with Gasteiger partial charge in [0.05, 0.1) is 12.2 Å². The Balaban J connectivity index is 2.11. The largest absolute Gasteiger partial charge is 0.354 e.